The van der Waals surface area contributed by atoms with Gasteiger partial charge in [0.25, 0.3) is 0 Å². The van der Waals surface area contributed by atoms with E-state index in [1.807, 2.05) is 54.6 Å². The Labute approximate surface area is 224 Å². The van der Waals surface area contributed by atoms with Crippen LogP contribution in [-0.2, 0) is 11.2 Å². The molecule has 1 aliphatic rings. The monoisotopic (exact) mass is 523 g/mol. The molecule has 8 nitrogen and oxygen atoms in total. The summed E-state index contributed by atoms with van der Waals surface area (Å²) in [5, 5.41) is 15.9. The number of amides is 2. The molecule has 198 valence electrons. The van der Waals surface area contributed by atoms with Gasteiger partial charge in [0, 0.05) is 36.2 Å². The van der Waals surface area contributed by atoms with Gasteiger partial charge in [-0.05, 0) is 35.7 Å². The molecule has 8 heteroatoms. The highest BCUT2D eigenvalue weighted by Gasteiger charge is 2.30. The average Bonchev–Trinajstić information content (AvgIpc) is 3.34. The first kappa shape index (κ1) is 24.8. The van der Waals surface area contributed by atoms with Crippen molar-refractivity contribution in [2.24, 2.45) is 0 Å². The lowest BCUT2D eigenvalue weighted by Crippen LogP contribution is -2.46. The van der Waals surface area contributed by atoms with Gasteiger partial charge in [0.2, 0.25) is 0 Å². The topological polar surface area (TPSA) is 108 Å². The summed E-state index contributed by atoms with van der Waals surface area (Å²) in [5.74, 6) is -0.717. The normalized spacial score (nSPS) is 14.5. The van der Waals surface area contributed by atoms with Gasteiger partial charge in [-0.15, -0.1) is 0 Å². The van der Waals surface area contributed by atoms with Crippen molar-refractivity contribution in [3.05, 3.63) is 112 Å². The fraction of sp³-hybridized carbons (Fsp3) is 0.226. The molecule has 1 unspecified atom stereocenters. The third kappa shape index (κ3) is 4.75. The summed E-state index contributed by atoms with van der Waals surface area (Å²) >= 11 is 0. The van der Waals surface area contributed by atoms with E-state index in [-0.39, 0.29) is 17.3 Å². The average molecular weight is 524 g/mol. The Morgan fingerprint density at radius 2 is 1.64 bits per heavy atom. The number of morpholine rings is 1. The van der Waals surface area contributed by atoms with Gasteiger partial charge in [-0.2, -0.15) is 0 Å². The largest absolute Gasteiger partial charge is 0.507 e. The Balaban J connectivity index is 1.45. The first-order valence-electron chi connectivity index (χ1n) is 13.1. The van der Waals surface area contributed by atoms with Crippen molar-refractivity contribution in [3.8, 4) is 5.75 Å². The molecule has 0 spiro atoms. The number of benzene rings is 3. The van der Waals surface area contributed by atoms with Gasteiger partial charge in [-0.25, -0.2) is 9.59 Å². The number of carbonyl (C=O) groups excluding carboxylic acids is 1. The number of hydrogen-bond donors (Lipinski definition) is 3. The molecule has 2 amide bonds. The first-order chi connectivity index (χ1) is 19.1. The van der Waals surface area contributed by atoms with Gasteiger partial charge in [-0.1, -0.05) is 60.7 Å². The molecule has 3 heterocycles. The van der Waals surface area contributed by atoms with E-state index in [9.17, 15) is 14.7 Å². The molecule has 0 bridgehead atoms. The lowest BCUT2D eigenvalue weighted by atomic mass is 9.85. The van der Waals surface area contributed by atoms with Gasteiger partial charge in [0.1, 0.15) is 11.3 Å². The maximum absolute atomic E-state index is 13.4. The lowest BCUT2D eigenvalue weighted by molar-refractivity contribution is 0.0533. The number of ether oxygens (including phenoxy) is 1. The Morgan fingerprint density at radius 1 is 0.949 bits per heavy atom. The van der Waals surface area contributed by atoms with Gasteiger partial charge in [0.15, 0.2) is 0 Å². The Kier molecular flexibility index (Phi) is 6.77. The zero-order chi connectivity index (χ0) is 26.8. The smallest absolute Gasteiger partial charge is 0.344 e. The number of para-hydroxylation sites is 2. The number of nitrogens with one attached hydrogen (secondary N) is 2. The highest BCUT2D eigenvalue weighted by Crippen LogP contribution is 2.40. The van der Waals surface area contributed by atoms with E-state index < -0.39 is 11.5 Å². The first-order valence-corrected chi connectivity index (χ1v) is 13.1. The quantitative estimate of drug-likeness (QED) is 0.279. The molecule has 1 atom stereocenters. The summed E-state index contributed by atoms with van der Waals surface area (Å²) in [6.07, 6.45) is 0.526. The number of rotatable bonds is 6. The number of fused-ring (bicyclic) bond motifs is 2. The van der Waals surface area contributed by atoms with Crippen LogP contribution in [-0.4, -0.2) is 53.9 Å². The third-order valence-corrected chi connectivity index (χ3v) is 7.33. The molecule has 0 saturated carbocycles. The number of H-pyrrole nitrogens is 1. The van der Waals surface area contributed by atoms with Crippen molar-refractivity contribution in [3.63, 3.8) is 0 Å². The molecule has 0 aliphatic carbocycles. The molecule has 3 aromatic carbocycles. The molecule has 1 saturated heterocycles. The Morgan fingerprint density at radius 3 is 2.44 bits per heavy atom. The fourth-order valence-electron chi connectivity index (χ4n) is 5.43. The van der Waals surface area contributed by atoms with Crippen LogP contribution in [0.25, 0.3) is 21.9 Å². The zero-order valence-electron chi connectivity index (χ0n) is 21.4. The van der Waals surface area contributed by atoms with E-state index in [2.05, 4.69) is 10.3 Å². The lowest BCUT2D eigenvalue weighted by Gasteiger charge is -2.27. The van der Waals surface area contributed by atoms with Gasteiger partial charge >= 0.3 is 11.7 Å². The van der Waals surface area contributed by atoms with Gasteiger partial charge in [-0.3, -0.25) is 0 Å². The predicted octanol–water partition coefficient (Wildman–Crippen LogP) is 4.74. The molecule has 39 heavy (non-hydrogen) atoms. The standard InChI is InChI=1S/C31H29N3O5/c35-29-23-11-5-7-13-25(23)39-30(36)27(29)26(20-8-2-1-3-9-20)28-22(21-10-4-6-12-24(21)33-28)14-15-32-31(37)34-16-18-38-19-17-34/h1-13,26,33,35H,14-19H2,(H,32,37). The van der Waals surface area contributed by atoms with E-state index >= 15 is 0 Å². The summed E-state index contributed by atoms with van der Waals surface area (Å²) < 4.78 is 11.0. The highest BCUT2D eigenvalue weighted by molar-refractivity contribution is 5.87. The maximum Gasteiger partial charge on any atom is 0.344 e. The van der Waals surface area contributed by atoms with Crippen LogP contribution < -0.4 is 10.9 Å². The predicted molar refractivity (Wildman–Crippen MR) is 149 cm³/mol. The third-order valence-electron chi connectivity index (χ3n) is 7.33. The van der Waals surface area contributed by atoms with Crippen LogP contribution in [0.4, 0.5) is 4.79 Å². The number of nitrogens with zero attached hydrogens (tertiary/aromatic N) is 1. The molecule has 1 fully saturated rings. The van der Waals surface area contributed by atoms with Crippen molar-refractivity contribution in [1.82, 2.24) is 15.2 Å². The van der Waals surface area contributed by atoms with Crippen LogP contribution >= 0.6 is 0 Å². The van der Waals surface area contributed by atoms with Crippen molar-refractivity contribution in [1.29, 1.82) is 0 Å². The minimum absolute atomic E-state index is 0.0964. The SMILES string of the molecule is O=C(NCCc1c(C(c2ccccc2)c2c(O)c3ccccc3oc2=O)[nH]c2ccccc12)N1CCOCC1. The van der Waals surface area contributed by atoms with Crippen LogP contribution in [0.15, 0.2) is 88.1 Å². The molecule has 2 aromatic heterocycles. The minimum atomic E-state index is -0.621. The second kappa shape index (κ2) is 10.7. The van der Waals surface area contributed by atoms with Crippen LogP contribution in [0.5, 0.6) is 5.75 Å². The second-order valence-corrected chi connectivity index (χ2v) is 9.64. The molecular formula is C31H29N3O5. The molecule has 1 aliphatic heterocycles. The summed E-state index contributed by atoms with van der Waals surface area (Å²) in [7, 11) is 0. The molecule has 3 N–H and O–H groups in total. The van der Waals surface area contributed by atoms with Crippen molar-refractivity contribution < 1.29 is 19.1 Å². The van der Waals surface area contributed by atoms with Crippen molar-refractivity contribution in [2.75, 3.05) is 32.8 Å². The maximum atomic E-state index is 13.4. The molecule has 5 aromatic rings. The summed E-state index contributed by atoms with van der Waals surface area (Å²) in [5.41, 5.74) is 3.40. The Bertz CT molecular complexity index is 1690. The molecular weight excluding hydrogens is 494 g/mol. The van der Waals surface area contributed by atoms with E-state index in [4.69, 9.17) is 9.15 Å². The van der Waals surface area contributed by atoms with Crippen LogP contribution in [0.3, 0.4) is 0 Å². The van der Waals surface area contributed by atoms with Crippen molar-refractivity contribution in [2.45, 2.75) is 12.3 Å². The highest BCUT2D eigenvalue weighted by atomic mass is 16.5. The van der Waals surface area contributed by atoms with Crippen LogP contribution in [0.2, 0.25) is 0 Å². The number of aromatic amines is 1. The zero-order valence-corrected chi connectivity index (χ0v) is 21.4. The summed E-state index contributed by atoms with van der Waals surface area (Å²) in [4.78, 5) is 31.5. The number of aromatic nitrogens is 1. The molecule has 6 rings (SSSR count). The Hall–Kier alpha value is -4.56. The minimum Gasteiger partial charge on any atom is -0.507 e. The van der Waals surface area contributed by atoms with Gasteiger partial charge in [0.05, 0.1) is 30.1 Å². The number of urea groups is 1. The van der Waals surface area contributed by atoms with Crippen molar-refractivity contribution >= 4 is 27.9 Å². The van der Waals surface area contributed by atoms with E-state index in [0.29, 0.717) is 50.2 Å². The summed E-state index contributed by atoms with van der Waals surface area (Å²) in [6, 6.07) is 24.4. The molecule has 0 radical (unpaired) electrons. The summed E-state index contributed by atoms with van der Waals surface area (Å²) in [6.45, 7) is 2.62. The number of hydrogen-bond acceptors (Lipinski definition) is 5. The number of carbonyl (C=O) groups is 1. The van der Waals surface area contributed by atoms with Crippen LogP contribution in [0.1, 0.15) is 28.3 Å². The van der Waals surface area contributed by atoms with Gasteiger partial charge < -0.3 is 29.5 Å². The van der Waals surface area contributed by atoms with Crippen LogP contribution in [0, 0.1) is 0 Å². The number of aromatic hydroxyl groups is 1. The fourth-order valence-corrected chi connectivity index (χ4v) is 5.43. The van der Waals surface area contributed by atoms with E-state index in [0.717, 1.165) is 27.7 Å². The van der Waals surface area contributed by atoms with E-state index in [1.54, 1.807) is 29.2 Å². The second-order valence-electron chi connectivity index (χ2n) is 9.64. The van der Waals surface area contributed by atoms with E-state index in [1.165, 1.54) is 0 Å².